The van der Waals surface area contributed by atoms with Gasteiger partial charge < -0.3 is 20.2 Å². The summed E-state index contributed by atoms with van der Waals surface area (Å²) in [5.74, 6) is 1.94. The largest absolute Gasteiger partial charge is 0.481 e. The molecule has 3 aliphatic rings. The summed E-state index contributed by atoms with van der Waals surface area (Å²) in [4.78, 5) is 25.8. The topological polar surface area (TPSA) is 81.6 Å². The molecule has 1 aliphatic carbocycles. The number of nitrogens with one attached hydrogen (secondary N) is 1. The average Bonchev–Trinajstić information content (AvgIpc) is 2.80. The lowest BCUT2D eigenvalue weighted by Gasteiger charge is -2.53. The molecular formula is C28H37Cl2N5O2. The summed E-state index contributed by atoms with van der Waals surface area (Å²) < 4.78 is 0. The van der Waals surface area contributed by atoms with E-state index in [1.54, 1.807) is 6.20 Å². The van der Waals surface area contributed by atoms with E-state index in [0.717, 1.165) is 61.6 Å². The lowest BCUT2D eigenvalue weighted by Crippen LogP contribution is -2.59. The third kappa shape index (κ3) is 5.27. The molecule has 2 N–H and O–H groups in total. The molecule has 0 radical (unpaired) electrons. The number of aromatic nitrogens is 2. The van der Waals surface area contributed by atoms with Gasteiger partial charge in [0.15, 0.2) is 5.82 Å². The molecule has 1 aromatic carbocycles. The zero-order valence-electron chi connectivity index (χ0n) is 21.9. The lowest BCUT2D eigenvalue weighted by atomic mass is 9.63. The Bertz CT molecular complexity index is 1150. The van der Waals surface area contributed by atoms with Gasteiger partial charge in [-0.1, -0.05) is 42.3 Å². The molecular weight excluding hydrogens is 509 g/mol. The standard InChI is InChI=1S/C28H37Cl2N5O2/c1-4-28(26(36)37)11-21(12-28)34-9-5-6-19(14-34)20-15-35(16-20)27-31-13-24(30)25(33-27)32-18(3)22-8-7-17(2)10-23(22)29/h7-8,10,13,18-21H,4-6,9,11-12,14-16H2,1-3H3,(H,36,37)(H,31,32,33)/t18-,19+,21?,28?/m1/s1. The van der Waals surface area contributed by atoms with Crippen LogP contribution in [0.3, 0.4) is 0 Å². The number of hydrogen-bond donors (Lipinski definition) is 2. The van der Waals surface area contributed by atoms with E-state index in [0.29, 0.717) is 34.7 Å². The van der Waals surface area contributed by atoms with Crippen molar-refractivity contribution in [1.29, 1.82) is 0 Å². The molecule has 5 rings (SSSR count). The van der Waals surface area contributed by atoms with E-state index in [1.165, 1.54) is 12.8 Å². The first-order chi connectivity index (χ1) is 17.7. The van der Waals surface area contributed by atoms with E-state index >= 15 is 0 Å². The number of piperidine rings is 1. The van der Waals surface area contributed by atoms with E-state index < -0.39 is 11.4 Å². The maximum absolute atomic E-state index is 11.7. The van der Waals surface area contributed by atoms with Gasteiger partial charge in [0.05, 0.1) is 17.7 Å². The number of aliphatic carboxylic acids is 1. The van der Waals surface area contributed by atoms with Gasteiger partial charge in [-0.15, -0.1) is 0 Å². The Morgan fingerprint density at radius 1 is 1.22 bits per heavy atom. The first-order valence-corrected chi connectivity index (χ1v) is 14.2. The van der Waals surface area contributed by atoms with Crippen LogP contribution in [0.5, 0.6) is 0 Å². The van der Waals surface area contributed by atoms with Gasteiger partial charge in [0.25, 0.3) is 0 Å². The van der Waals surface area contributed by atoms with Gasteiger partial charge in [-0.2, -0.15) is 4.98 Å². The number of nitrogens with zero attached hydrogens (tertiary/aromatic N) is 4. The summed E-state index contributed by atoms with van der Waals surface area (Å²) in [7, 11) is 0. The molecule has 2 saturated heterocycles. The highest BCUT2D eigenvalue weighted by molar-refractivity contribution is 6.33. The lowest BCUT2D eigenvalue weighted by molar-refractivity contribution is -0.161. The molecule has 3 heterocycles. The van der Waals surface area contributed by atoms with Crippen LogP contribution >= 0.6 is 23.2 Å². The molecule has 0 unspecified atom stereocenters. The van der Waals surface area contributed by atoms with Crippen LogP contribution in [-0.2, 0) is 4.79 Å². The minimum absolute atomic E-state index is 0.0511. The van der Waals surface area contributed by atoms with Crippen LogP contribution in [-0.4, -0.2) is 58.2 Å². The first kappa shape index (κ1) is 26.5. The number of likely N-dealkylation sites (tertiary alicyclic amines) is 1. The summed E-state index contributed by atoms with van der Waals surface area (Å²) in [6.07, 6.45) is 6.41. The molecule has 1 aromatic heterocycles. The van der Waals surface area contributed by atoms with Gasteiger partial charge in [0, 0.05) is 30.7 Å². The minimum atomic E-state index is -0.623. The minimum Gasteiger partial charge on any atom is -0.481 e. The zero-order valence-corrected chi connectivity index (χ0v) is 23.4. The maximum atomic E-state index is 11.7. The molecule has 2 atom stereocenters. The molecule has 2 aromatic rings. The van der Waals surface area contributed by atoms with Gasteiger partial charge in [0.2, 0.25) is 5.95 Å². The highest BCUT2D eigenvalue weighted by Crippen LogP contribution is 2.48. The molecule has 0 bridgehead atoms. The van der Waals surface area contributed by atoms with Crippen LogP contribution in [0.15, 0.2) is 24.4 Å². The van der Waals surface area contributed by atoms with E-state index in [1.807, 2.05) is 32.9 Å². The first-order valence-electron chi connectivity index (χ1n) is 13.5. The number of rotatable bonds is 8. The van der Waals surface area contributed by atoms with Crippen LogP contribution in [0.4, 0.5) is 11.8 Å². The summed E-state index contributed by atoms with van der Waals surface area (Å²) >= 11 is 12.9. The van der Waals surface area contributed by atoms with Crippen molar-refractivity contribution in [3.63, 3.8) is 0 Å². The number of halogens is 2. The third-order valence-corrected chi connectivity index (χ3v) is 9.56. The van der Waals surface area contributed by atoms with E-state index in [2.05, 4.69) is 26.2 Å². The van der Waals surface area contributed by atoms with Crippen LogP contribution in [0.25, 0.3) is 0 Å². The van der Waals surface area contributed by atoms with Crippen molar-refractivity contribution in [3.8, 4) is 0 Å². The van der Waals surface area contributed by atoms with E-state index in [9.17, 15) is 9.90 Å². The van der Waals surface area contributed by atoms with Crippen LogP contribution in [0.1, 0.15) is 63.1 Å². The average molecular weight is 547 g/mol. The molecule has 9 heteroatoms. The predicted octanol–water partition coefficient (Wildman–Crippen LogP) is 6.06. The second-order valence-corrected chi connectivity index (χ2v) is 12.1. The Hall–Kier alpha value is -2.09. The molecule has 0 amide bonds. The molecule has 7 nitrogen and oxygen atoms in total. The molecule has 37 heavy (non-hydrogen) atoms. The van der Waals surface area contributed by atoms with Gasteiger partial charge in [0.1, 0.15) is 5.02 Å². The molecule has 0 spiro atoms. The Balaban J connectivity index is 1.17. The fourth-order valence-corrected chi connectivity index (χ4v) is 6.87. The highest BCUT2D eigenvalue weighted by Gasteiger charge is 2.51. The van der Waals surface area contributed by atoms with Crippen LogP contribution in [0.2, 0.25) is 10.0 Å². The second-order valence-electron chi connectivity index (χ2n) is 11.3. The third-order valence-electron chi connectivity index (χ3n) is 8.96. The van der Waals surface area contributed by atoms with E-state index in [-0.39, 0.29) is 6.04 Å². The van der Waals surface area contributed by atoms with Gasteiger partial charge in [-0.25, -0.2) is 4.98 Å². The van der Waals surface area contributed by atoms with Crippen LogP contribution < -0.4 is 10.2 Å². The van der Waals surface area contributed by atoms with Crippen LogP contribution in [0, 0.1) is 24.2 Å². The summed E-state index contributed by atoms with van der Waals surface area (Å²) in [6.45, 7) is 10.1. The quantitative estimate of drug-likeness (QED) is 0.417. The number of hydrogen-bond acceptors (Lipinski definition) is 6. The summed E-state index contributed by atoms with van der Waals surface area (Å²) in [5, 5.41) is 14.3. The Labute approximate surface area is 229 Å². The van der Waals surface area contributed by atoms with Crippen molar-refractivity contribution in [2.45, 2.75) is 65.0 Å². The number of aryl methyl sites for hydroxylation is 1. The number of carboxylic acid groups (broad SMARTS) is 1. The van der Waals surface area contributed by atoms with Crippen molar-refractivity contribution in [2.24, 2.45) is 17.3 Å². The molecule has 200 valence electrons. The Morgan fingerprint density at radius 2 is 1.97 bits per heavy atom. The van der Waals surface area contributed by atoms with Crippen molar-refractivity contribution >= 4 is 40.9 Å². The van der Waals surface area contributed by atoms with Crippen molar-refractivity contribution in [3.05, 3.63) is 45.6 Å². The maximum Gasteiger partial charge on any atom is 0.309 e. The van der Waals surface area contributed by atoms with Crippen molar-refractivity contribution < 1.29 is 9.90 Å². The van der Waals surface area contributed by atoms with Gasteiger partial charge in [-0.05, 0) is 81.5 Å². The number of benzene rings is 1. The Morgan fingerprint density at radius 3 is 2.65 bits per heavy atom. The second kappa shape index (κ2) is 10.6. The fraction of sp³-hybridized carbons (Fsp3) is 0.607. The predicted molar refractivity (Wildman–Crippen MR) is 149 cm³/mol. The van der Waals surface area contributed by atoms with Crippen molar-refractivity contribution in [1.82, 2.24) is 14.9 Å². The number of anilines is 2. The number of carbonyl (C=O) groups is 1. The summed E-state index contributed by atoms with van der Waals surface area (Å²) in [5.41, 5.74) is 1.63. The zero-order chi connectivity index (χ0) is 26.3. The normalized spacial score (nSPS) is 27.3. The SMILES string of the molecule is CCC1(C(=O)O)CC(N2CCC[C@H](C3CN(c4ncc(Cl)c(N[C@H](C)c5ccc(C)cc5Cl)n4)C3)C2)C1. The molecule has 3 fully saturated rings. The van der Waals surface area contributed by atoms with E-state index in [4.69, 9.17) is 28.2 Å². The molecule has 2 aliphatic heterocycles. The smallest absolute Gasteiger partial charge is 0.309 e. The monoisotopic (exact) mass is 545 g/mol. The van der Waals surface area contributed by atoms with Crippen molar-refractivity contribution in [2.75, 3.05) is 36.4 Å². The Kier molecular flexibility index (Phi) is 7.58. The van der Waals surface area contributed by atoms with Gasteiger partial charge >= 0.3 is 5.97 Å². The fourth-order valence-electron chi connectivity index (χ4n) is 6.32. The summed E-state index contributed by atoms with van der Waals surface area (Å²) in [6, 6.07) is 6.42. The number of carboxylic acids is 1. The van der Waals surface area contributed by atoms with Gasteiger partial charge in [-0.3, -0.25) is 4.79 Å². The highest BCUT2D eigenvalue weighted by atomic mass is 35.5. The molecule has 1 saturated carbocycles.